The third kappa shape index (κ3) is 3.92. The summed E-state index contributed by atoms with van der Waals surface area (Å²) in [5.41, 5.74) is 6.00. The monoisotopic (exact) mass is 256 g/mol. The second kappa shape index (κ2) is 7.43. The maximum Gasteiger partial charge on any atom is 0.0469 e. The summed E-state index contributed by atoms with van der Waals surface area (Å²) in [4.78, 5) is 2.49. The Morgan fingerprint density at radius 1 is 1.06 bits per heavy atom. The van der Waals surface area contributed by atoms with Gasteiger partial charge in [-0.1, -0.05) is 0 Å². The lowest BCUT2D eigenvalue weighted by molar-refractivity contribution is 0.0179. The van der Waals surface area contributed by atoms with Crippen LogP contribution in [0.1, 0.15) is 25.7 Å². The molecule has 0 spiro atoms. The average molecular weight is 256 g/mol. The van der Waals surface area contributed by atoms with Crippen LogP contribution in [0, 0.1) is 11.8 Å². The van der Waals surface area contributed by atoms with Crippen molar-refractivity contribution in [1.82, 2.24) is 4.90 Å². The van der Waals surface area contributed by atoms with Crippen LogP contribution in [0.25, 0.3) is 0 Å². The minimum Gasteiger partial charge on any atom is -0.381 e. The predicted octanol–water partition coefficient (Wildman–Crippen LogP) is 1.10. The number of hydrogen-bond donors (Lipinski definition) is 1. The number of nitrogens with zero attached hydrogens (tertiary/aromatic N) is 1. The van der Waals surface area contributed by atoms with E-state index in [9.17, 15) is 0 Å². The lowest BCUT2D eigenvalue weighted by Crippen LogP contribution is -2.47. The molecule has 0 amide bonds. The summed E-state index contributed by atoms with van der Waals surface area (Å²) in [6.45, 7) is 5.62. The van der Waals surface area contributed by atoms with Crippen LogP contribution in [0.2, 0.25) is 0 Å². The summed E-state index contributed by atoms with van der Waals surface area (Å²) >= 11 is 0. The van der Waals surface area contributed by atoms with Crippen LogP contribution in [0.5, 0.6) is 0 Å². The molecule has 4 nitrogen and oxygen atoms in total. The van der Waals surface area contributed by atoms with E-state index in [4.69, 9.17) is 15.2 Å². The average Bonchev–Trinajstić information content (AvgIpc) is 2.42. The molecule has 4 heteroatoms. The largest absolute Gasteiger partial charge is 0.381 e. The molecular formula is C14H28N2O2. The highest BCUT2D eigenvalue weighted by Crippen LogP contribution is 2.24. The molecule has 2 aliphatic rings. The lowest BCUT2D eigenvalue weighted by atomic mass is 9.89. The lowest BCUT2D eigenvalue weighted by Gasteiger charge is -2.38. The summed E-state index contributed by atoms with van der Waals surface area (Å²) in [6, 6.07) is 0.525. The minimum absolute atomic E-state index is 0.525. The summed E-state index contributed by atoms with van der Waals surface area (Å²) < 4.78 is 10.9. The van der Waals surface area contributed by atoms with Crippen molar-refractivity contribution in [2.75, 3.05) is 46.6 Å². The Bertz CT molecular complexity index is 226. The second-order valence-corrected chi connectivity index (χ2v) is 5.75. The molecule has 0 bridgehead atoms. The SMILES string of the molecule is CN(CC1CCOCC1)C(CN)C1CCOCC1. The first-order chi connectivity index (χ1) is 8.81. The molecule has 2 N–H and O–H groups in total. The Kier molecular flexibility index (Phi) is 5.89. The van der Waals surface area contributed by atoms with Crippen LogP contribution in [0.3, 0.4) is 0 Å². The molecule has 2 aliphatic heterocycles. The van der Waals surface area contributed by atoms with E-state index in [0.29, 0.717) is 12.0 Å². The summed E-state index contributed by atoms with van der Waals surface area (Å²) in [6.07, 6.45) is 4.74. The first-order valence-corrected chi connectivity index (χ1v) is 7.37. The van der Waals surface area contributed by atoms with Gasteiger partial charge in [-0.2, -0.15) is 0 Å². The molecule has 1 atom stereocenters. The zero-order valence-electron chi connectivity index (χ0n) is 11.6. The molecule has 2 saturated heterocycles. The molecular weight excluding hydrogens is 228 g/mol. The molecule has 18 heavy (non-hydrogen) atoms. The van der Waals surface area contributed by atoms with E-state index in [2.05, 4.69) is 11.9 Å². The van der Waals surface area contributed by atoms with E-state index in [-0.39, 0.29) is 0 Å². The highest BCUT2D eigenvalue weighted by Gasteiger charge is 2.27. The van der Waals surface area contributed by atoms with E-state index in [1.807, 2.05) is 0 Å². The van der Waals surface area contributed by atoms with Crippen LogP contribution in [-0.2, 0) is 9.47 Å². The van der Waals surface area contributed by atoms with Gasteiger partial charge in [-0.3, -0.25) is 0 Å². The highest BCUT2D eigenvalue weighted by atomic mass is 16.5. The van der Waals surface area contributed by atoms with Crippen molar-refractivity contribution in [3.8, 4) is 0 Å². The molecule has 0 radical (unpaired) electrons. The van der Waals surface area contributed by atoms with Crippen LogP contribution in [0.4, 0.5) is 0 Å². The molecule has 0 aromatic carbocycles. The minimum atomic E-state index is 0.525. The van der Waals surface area contributed by atoms with Gasteiger partial charge in [-0.25, -0.2) is 0 Å². The molecule has 2 heterocycles. The van der Waals surface area contributed by atoms with Crippen molar-refractivity contribution in [1.29, 1.82) is 0 Å². The van der Waals surface area contributed by atoms with Gasteiger partial charge in [0.1, 0.15) is 0 Å². The van der Waals surface area contributed by atoms with Crippen molar-refractivity contribution in [3.63, 3.8) is 0 Å². The fourth-order valence-corrected chi connectivity index (χ4v) is 3.30. The first kappa shape index (κ1) is 14.3. The Morgan fingerprint density at radius 2 is 1.61 bits per heavy atom. The number of ether oxygens (including phenoxy) is 2. The van der Waals surface area contributed by atoms with Crippen LogP contribution >= 0.6 is 0 Å². The van der Waals surface area contributed by atoms with Gasteiger partial charge in [0.2, 0.25) is 0 Å². The van der Waals surface area contributed by atoms with Crippen molar-refractivity contribution in [3.05, 3.63) is 0 Å². The second-order valence-electron chi connectivity index (χ2n) is 5.75. The van der Waals surface area contributed by atoms with Crippen molar-refractivity contribution < 1.29 is 9.47 Å². The number of nitrogens with two attached hydrogens (primary N) is 1. The fraction of sp³-hybridized carbons (Fsp3) is 1.00. The molecule has 1 unspecified atom stereocenters. The maximum absolute atomic E-state index is 6.00. The molecule has 0 aromatic heterocycles. The maximum atomic E-state index is 6.00. The zero-order chi connectivity index (χ0) is 12.8. The summed E-state index contributed by atoms with van der Waals surface area (Å²) in [5.74, 6) is 1.51. The quantitative estimate of drug-likeness (QED) is 0.800. The van der Waals surface area contributed by atoms with Crippen LogP contribution in [-0.4, -0.2) is 57.5 Å². The standard InChI is InChI=1S/C14H28N2O2/c1-16(11-12-2-6-17-7-3-12)14(10-15)13-4-8-18-9-5-13/h12-14H,2-11,15H2,1H3. The van der Waals surface area contributed by atoms with Gasteiger partial charge in [-0.05, 0) is 44.6 Å². The Balaban J connectivity index is 1.81. The van der Waals surface area contributed by atoms with E-state index in [1.165, 1.54) is 32.2 Å². The smallest absolute Gasteiger partial charge is 0.0469 e. The third-order valence-corrected chi connectivity index (χ3v) is 4.50. The number of likely N-dealkylation sites (N-methyl/N-ethyl adjacent to an activating group) is 1. The summed E-state index contributed by atoms with van der Waals surface area (Å²) in [5, 5.41) is 0. The molecule has 0 aromatic rings. The van der Waals surface area contributed by atoms with Gasteiger partial charge in [0.15, 0.2) is 0 Å². The Labute approximate surface area is 111 Å². The van der Waals surface area contributed by atoms with Crippen molar-refractivity contribution in [2.24, 2.45) is 17.6 Å². The van der Waals surface area contributed by atoms with Gasteiger partial charge in [0.25, 0.3) is 0 Å². The van der Waals surface area contributed by atoms with E-state index < -0.39 is 0 Å². The zero-order valence-corrected chi connectivity index (χ0v) is 11.6. The van der Waals surface area contributed by atoms with Gasteiger partial charge >= 0.3 is 0 Å². The Hall–Kier alpha value is -0.160. The Morgan fingerprint density at radius 3 is 2.17 bits per heavy atom. The topological polar surface area (TPSA) is 47.7 Å². The summed E-state index contributed by atoms with van der Waals surface area (Å²) in [7, 11) is 2.24. The van der Waals surface area contributed by atoms with Crippen molar-refractivity contribution >= 4 is 0 Å². The van der Waals surface area contributed by atoms with Crippen LogP contribution < -0.4 is 5.73 Å². The fourth-order valence-electron chi connectivity index (χ4n) is 3.30. The number of hydrogen-bond acceptors (Lipinski definition) is 4. The van der Waals surface area contributed by atoms with Gasteiger partial charge in [-0.15, -0.1) is 0 Å². The van der Waals surface area contributed by atoms with Crippen molar-refractivity contribution in [2.45, 2.75) is 31.7 Å². The number of rotatable bonds is 5. The van der Waals surface area contributed by atoms with E-state index in [1.54, 1.807) is 0 Å². The first-order valence-electron chi connectivity index (χ1n) is 7.37. The van der Waals surface area contributed by atoms with Crippen LogP contribution in [0.15, 0.2) is 0 Å². The molecule has 106 valence electrons. The molecule has 0 aliphatic carbocycles. The van der Waals surface area contributed by atoms with Gasteiger partial charge in [0, 0.05) is 45.6 Å². The molecule has 0 saturated carbocycles. The highest BCUT2D eigenvalue weighted by molar-refractivity contribution is 4.82. The van der Waals surface area contributed by atoms with E-state index in [0.717, 1.165) is 38.9 Å². The molecule has 2 fully saturated rings. The van der Waals surface area contributed by atoms with Gasteiger partial charge in [0.05, 0.1) is 0 Å². The predicted molar refractivity (Wildman–Crippen MR) is 72.6 cm³/mol. The van der Waals surface area contributed by atoms with E-state index >= 15 is 0 Å². The van der Waals surface area contributed by atoms with Gasteiger partial charge < -0.3 is 20.1 Å². The molecule has 2 rings (SSSR count). The third-order valence-electron chi connectivity index (χ3n) is 4.50. The normalized spacial score (nSPS) is 25.5.